The largest absolute Gasteiger partial charge is 0.457 e. The van der Waals surface area contributed by atoms with Crippen molar-refractivity contribution in [3.63, 3.8) is 0 Å². The molecule has 0 fully saturated rings. The minimum absolute atomic E-state index is 0.102. The van der Waals surface area contributed by atoms with Gasteiger partial charge in [-0.1, -0.05) is 21.5 Å². The van der Waals surface area contributed by atoms with E-state index in [4.69, 9.17) is 0 Å². The molecule has 0 saturated carbocycles. The van der Waals surface area contributed by atoms with Gasteiger partial charge in [0, 0.05) is 10.9 Å². The van der Waals surface area contributed by atoms with Gasteiger partial charge in [0.15, 0.2) is 0 Å². The number of hydrogen-bond acceptors (Lipinski definition) is 3. The number of nitro groups is 1. The van der Waals surface area contributed by atoms with Crippen molar-refractivity contribution in [1.29, 1.82) is 0 Å². The number of rotatable bonds is 2. The predicted octanol–water partition coefficient (Wildman–Crippen LogP) is 3.22. The summed E-state index contributed by atoms with van der Waals surface area (Å²) in [5.74, 6) is -0.734. The predicted molar refractivity (Wildman–Crippen MR) is 59.7 cm³/mol. The fraction of sp³-hybridized carbons (Fsp3) is 0.444. The summed E-state index contributed by atoms with van der Waals surface area (Å²) in [6, 6.07) is 0. The highest BCUT2D eigenvalue weighted by Gasteiger charge is 2.41. The monoisotopic (exact) mass is 312 g/mol. The van der Waals surface area contributed by atoms with Crippen molar-refractivity contribution in [2.24, 2.45) is 4.99 Å². The first-order valence-electron chi connectivity index (χ1n) is 4.51. The summed E-state index contributed by atoms with van der Waals surface area (Å²) < 4.78 is 37.6. The fourth-order valence-corrected chi connectivity index (χ4v) is 1.80. The van der Waals surface area contributed by atoms with Crippen LogP contribution in [0.25, 0.3) is 0 Å². The average molecular weight is 313 g/mol. The van der Waals surface area contributed by atoms with Gasteiger partial charge in [-0.3, -0.25) is 0 Å². The Morgan fingerprint density at radius 1 is 1.59 bits per heavy atom. The van der Waals surface area contributed by atoms with E-state index in [2.05, 4.69) is 20.9 Å². The van der Waals surface area contributed by atoms with Gasteiger partial charge in [-0.15, -0.1) is 0 Å². The fourth-order valence-electron chi connectivity index (χ4n) is 1.35. The highest BCUT2D eigenvalue weighted by atomic mass is 79.9. The van der Waals surface area contributed by atoms with Gasteiger partial charge in [-0.25, -0.2) is 0 Å². The van der Waals surface area contributed by atoms with E-state index >= 15 is 0 Å². The van der Waals surface area contributed by atoms with Crippen LogP contribution >= 0.6 is 15.9 Å². The molecule has 0 saturated heterocycles. The molecule has 1 aliphatic heterocycles. The Labute approximate surface area is 103 Å². The van der Waals surface area contributed by atoms with Crippen LogP contribution in [0.2, 0.25) is 0 Å². The molecule has 0 aromatic carbocycles. The summed E-state index contributed by atoms with van der Waals surface area (Å²) in [5.41, 5.74) is -0.631. The Balaban J connectivity index is 3.37. The third kappa shape index (κ3) is 3.39. The van der Waals surface area contributed by atoms with Crippen LogP contribution in [0.5, 0.6) is 0 Å². The Morgan fingerprint density at radius 2 is 2.18 bits per heavy atom. The third-order valence-corrected chi connectivity index (χ3v) is 2.72. The molecule has 1 aliphatic rings. The van der Waals surface area contributed by atoms with Gasteiger partial charge >= 0.3 is 12.0 Å². The lowest BCUT2D eigenvalue weighted by Crippen LogP contribution is -2.21. The van der Waals surface area contributed by atoms with Crippen LogP contribution in [-0.2, 0) is 0 Å². The first-order valence-corrected chi connectivity index (χ1v) is 5.63. The van der Waals surface area contributed by atoms with Crippen LogP contribution in [0.4, 0.5) is 13.2 Å². The molecule has 1 heterocycles. The van der Waals surface area contributed by atoms with E-state index in [1.807, 2.05) is 0 Å². The van der Waals surface area contributed by atoms with Crippen LogP contribution in [0.1, 0.15) is 13.3 Å². The summed E-state index contributed by atoms with van der Waals surface area (Å²) >= 11 is 3.01. The van der Waals surface area contributed by atoms with Crippen molar-refractivity contribution in [2.45, 2.75) is 19.5 Å². The molecule has 8 heteroatoms. The maximum atomic E-state index is 12.5. The highest BCUT2D eigenvalue weighted by Crippen LogP contribution is 2.27. The third-order valence-electron chi connectivity index (χ3n) is 2.04. The molecule has 0 amide bonds. The van der Waals surface area contributed by atoms with Crippen molar-refractivity contribution in [3.05, 3.63) is 33.2 Å². The zero-order valence-electron chi connectivity index (χ0n) is 8.71. The normalized spacial score (nSPS) is 17.5. The van der Waals surface area contributed by atoms with Gasteiger partial charge < -0.3 is 10.1 Å². The second-order valence-corrected chi connectivity index (χ2v) is 4.04. The van der Waals surface area contributed by atoms with Gasteiger partial charge in [-0.05, 0) is 29.3 Å². The minimum atomic E-state index is -4.69. The van der Waals surface area contributed by atoms with Crippen molar-refractivity contribution < 1.29 is 18.1 Å². The van der Waals surface area contributed by atoms with Gasteiger partial charge in [0.05, 0.1) is 0 Å². The molecule has 0 spiro atoms. The molecule has 0 aromatic heterocycles. The van der Waals surface area contributed by atoms with E-state index in [0.29, 0.717) is 5.57 Å². The van der Waals surface area contributed by atoms with E-state index < -0.39 is 22.6 Å². The smallest absolute Gasteiger partial charge is 0.358 e. The molecule has 17 heavy (non-hydrogen) atoms. The summed E-state index contributed by atoms with van der Waals surface area (Å²) in [6.07, 6.45) is -3.76. The standard InChI is InChI=1S/C9H8BrF3N2O2/c1-5-2-6(4-10)8(15(16)17)14-7(3-5)9(11,12)13/h3H,2,4H2,1H3. The topological polar surface area (TPSA) is 55.5 Å². The van der Waals surface area contributed by atoms with Crippen LogP contribution in [0, 0.1) is 10.1 Å². The summed E-state index contributed by atoms with van der Waals surface area (Å²) in [5, 5.41) is 10.8. The molecule has 0 aliphatic carbocycles. The highest BCUT2D eigenvalue weighted by molar-refractivity contribution is 9.09. The van der Waals surface area contributed by atoms with Crippen molar-refractivity contribution in [1.82, 2.24) is 0 Å². The first-order chi connectivity index (χ1) is 7.75. The van der Waals surface area contributed by atoms with Crippen molar-refractivity contribution in [2.75, 3.05) is 5.33 Å². The quantitative estimate of drug-likeness (QED) is 0.446. The van der Waals surface area contributed by atoms with Crippen LogP contribution < -0.4 is 0 Å². The van der Waals surface area contributed by atoms with E-state index in [-0.39, 0.29) is 17.3 Å². The molecule has 0 radical (unpaired) electrons. The maximum Gasteiger partial charge on any atom is 0.457 e. The van der Waals surface area contributed by atoms with Crippen LogP contribution in [-0.4, -0.2) is 22.1 Å². The van der Waals surface area contributed by atoms with Gasteiger partial charge in [-0.2, -0.15) is 13.2 Å². The van der Waals surface area contributed by atoms with E-state index in [9.17, 15) is 23.3 Å². The second-order valence-electron chi connectivity index (χ2n) is 3.48. The maximum absolute atomic E-state index is 12.5. The molecule has 0 N–H and O–H groups in total. The molecule has 1 rings (SSSR count). The number of nitrogens with zero attached hydrogens (tertiary/aromatic N) is 2. The first kappa shape index (κ1) is 13.9. The molecule has 0 unspecified atom stereocenters. The lowest BCUT2D eigenvalue weighted by molar-refractivity contribution is -0.427. The van der Waals surface area contributed by atoms with Crippen molar-refractivity contribution in [3.8, 4) is 0 Å². The lowest BCUT2D eigenvalue weighted by atomic mass is 10.1. The molecule has 0 atom stereocenters. The van der Waals surface area contributed by atoms with E-state index in [1.165, 1.54) is 6.92 Å². The summed E-state index contributed by atoms with van der Waals surface area (Å²) in [7, 11) is 0. The zero-order valence-corrected chi connectivity index (χ0v) is 10.3. The Hall–Kier alpha value is -1.18. The Bertz CT molecular complexity index is 438. The zero-order chi connectivity index (χ0) is 13.2. The minimum Gasteiger partial charge on any atom is -0.358 e. The van der Waals surface area contributed by atoms with Crippen molar-refractivity contribution >= 4 is 21.6 Å². The number of hydrogen-bond donors (Lipinski definition) is 0. The van der Waals surface area contributed by atoms with Gasteiger partial charge in [0.25, 0.3) is 5.71 Å². The summed E-state index contributed by atoms with van der Waals surface area (Å²) in [4.78, 5) is 12.9. The molecule has 0 bridgehead atoms. The average Bonchev–Trinajstić information content (AvgIpc) is 2.35. The molecular formula is C9H8BrF3N2O2. The number of halogens is 4. The molecular weight excluding hydrogens is 305 g/mol. The Kier molecular flexibility index (Phi) is 4.07. The number of alkyl halides is 4. The van der Waals surface area contributed by atoms with E-state index in [1.54, 1.807) is 0 Å². The Morgan fingerprint density at radius 3 is 2.59 bits per heavy atom. The van der Waals surface area contributed by atoms with Gasteiger partial charge in [0.1, 0.15) is 0 Å². The lowest BCUT2D eigenvalue weighted by Gasteiger charge is -2.01. The number of allylic oxidation sites excluding steroid dienone is 3. The van der Waals surface area contributed by atoms with Gasteiger partial charge in [0.2, 0.25) is 0 Å². The summed E-state index contributed by atoms with van der Waals surface area (Å²) in [6.45, 7) is 1.48. The second kappa shape index (κ2) is 4.99. The van der Waals surface area contributed by atoms with Crippen LogP contribution in [0.3, 0.4) is 0 Å². The SMILES string of the molecule is CC1=CC(C(F)(F)F)=NC([N+](=O)[O-])=C(CBr)C1. The van der Waals surface area contributed by atoms with E-state index in [0.717, 1.165) is 6.08 Å². The van der Waals surface area contributed by atoms with Crippen LogP contribution in [0.15, 0.2) is 28.0 Å². The number of aliphatic imine (C=N–C) groups is 1. The molecule has 4 nitrogen and oxygen atoms in total. The molecule has 94 valence electrons. The molecule has 0 aromatic rings.